The Kier molecular flexibility index (Phi) is 4.60. The molecule has 1 aromatic carbocycles. The molecule has 0 radical (unpaired) electrons. The SMILES string of the molecule is CCc1cc(CS(=O)c2ccc(N)cc2C)n(CC)n1. The molecule has 1 aromatic heterocycles. The molecule has 0 aliphatic carbocycles. The standard InChI is InChI=1S/C15H21N3OS/c1-4-13-9-14(18(5-2)17-13)10-20(19)15-7-6-12(16)8-11(15)3/h6-9H,4-5,10,16H2,1-3H3. The van der Waals surface area contributed by atoms with Gasteiger partial charge in [0.15, 0.2) is 0 Å². The first-order valence-electron chi connectivity index (χ1n) is 6.85. The zero-order valence-corrected chi connectivity index (χ0v) is 13.0. The van der Waals surface area contributed by atoms with E-state index in [2.05, 4.69) is 12.0 Å². The van der Waals surface area contributed by atoms with Crippen LogP contribution in [0.2, 0.25) is 0 Å². The minimum Gasteiger partial charge on any atom is -0.399 e. The number of benzene rings is 1. The lowest BCUT2D eigenvalue weighted by molar-refractivity contribution is 0.623. The van der Waals surface area contributed by atoms with E-state index < -0.39 is 10.8 Å². The molecule has 1 heterocycles. The van der Waals surface area contributed by atoms with E-state index in [4.69, 9.17) is 5.73 Å². The lowest BCUT2D eigenvalue weighted by atomic mass is 10.2. The van der Waals surface area contributed by atoms with E-state index in [1.54, 1.807) is 6.07 Å². The highest BCUT2D eigenvalue weighted by atomic mass is 32.2. The van der Waals surface area contributed by atoms with Gasteiger partial charge in [-0.05, 0) is 50.1 Å². The smallest absolute Gasteiger partial charge is 0.0702 e. The normalized spacial score (nSPS) is 12.6. The Bertz CT molecular complexity index is 634. The van der Waals surface area contributed by atoms with E-state index in [1.807, 2.05) is 36.7 Å². The average Bonchev–Trinajstić information content (AvgIpc) is 2.80. The zero-order chi connectivity index (χ0) is 14.7. The number of rotatable bonds is 5. The Balaban J connectivity index is 2.25. The van der Waals surface area contributed by atoms with Crippen LogP contribution in [0.15, 0.2) is 29.2 Å². The molecule has 108 valence electrons. The molecular weight excluding hydrogens is 270 g/mol. The van der Waals surface area contributed by atoms with Crippen LogP contribution in [0.4, 0.5) is 5.69 Å². The topological polar surface area (TPSA) is 60.9 Å². The number of nitrogens with two attached hydrogens (primary N) is 1. The van der Waals surface area contributed by atoms with Crippen LogP contribution in [0.5, 0.6) is 0 Å². The molecule has 0 aliphatic rings. The first kappa shape index (κ1) is 14.8. The summed E-state index contributed by atoms with van der Waals surface area (Å²) in [6.07, 6.45) is 0.896. The van der Waals surface area contributed by atoms with Gasteiger partial charge in [0, 0.05) is 17.1 Å². The van der Waals surface area contributed by atoms with Crippen molar-refractivity contribution in [2.75, 3.05) is 5.73 Å². The van der Waals surface area contributed by atoms with E-state index >= 15 is 0 Å². The summed E-state index contributed by atoms with van der Waals surface area (Å²) in [6.45, 7) is 6.87. The maximum absolute atomic E-state index is 12.5. The fourth-order valence-corrected chi connectivity index (χ4v) is 3.51. The average molecular weight is 291 g/mol. The number of hydrogen-bond acceptors (Lipinski definition) is 3. The Hall–Kier alpha value is -1.62. The van der Waals surface area contributed by atoms with E-state index in [1.165, 1.54) is 0 Å². The van der Waals surface area contributed by atoms with Gasteiger partial charge in [0.1, 0.15) is 0 Å². The van der Waals surface area contributed by atoms with E-state index in [9.17, 15) is 4.21 Å². The fourth-order valence-electron chi connectivity index (χ4n) is 2.22. The number of nitrogen functional groups attached to an aromatic ring is 1. The van der Waals surface area contributed by atoms with Crippen molar-refractivity contribution in [1.82, 2.24) is 9.78 Å². The van der Waals surface area contributed by atoms with Crippen molar-refractivity contribution in [3.05, 3.63) is 41.2 Å². The van der Waals surface area contributed by atoms with Crippen molar-refractivity contribution in [3.63, 3.8) is 0 Å². The maximum Gasteiger partial charge on any atom is 0.0702 e. The summed E-state index contributed by atoms with van der Waals surface area (Å²) >= 11 is 0. The predicted octanol–water partition coefficient (Wildman–Crippen LogP) is 2.66. The van der Waals surface area contributed by atoms with Gasteiger partial charge in [0.05, 0.1) is 27.9 Å². The van der Waals surface area contributed by atoms with Gasteiger partial charge >= 0.3 is 0 Å². The lowest BCUT2D eigenvalue weighted by Gasteiger charge is -2.08. The van der Waals surface area contributed by atoms with Gasteiger partial charge < -0.3 is 5.73 Å². The van der Waals surface area contributed by atoms with Crippen molar-refractivity contribution in [1.29, 1.82) is 0 Å². The number of nitrogens with zero attached hydrogens (tertiary/aromatic N) is 2. The molecule has 1 atom stereocenters. The third-order valence-corrected chi connectivity index (χ3v) is 4.81. The van der Waals surface area contributed by atoms with Gasteiger partial charge in [-0.15, -0.1) is 0 Å². The Morgan fingerprint density at radius 3 is 2.65 bits per heavy atom. The second kappa shape index (κ2) is 6.22. The molecule has 2 rings (SSSR count). The van der Waals surface area contributed by atoms with Crippen molar-refractivity contribution in [2.24, 2.45) is 0 Å². The number of hydrogen-bond donors (Lipinski definition) is 1. The van der Waals surface area contributed by atoms with Crippen LogP contribution < -0.4 is 5.73 Å². The molecule has 2 aromatic rings. The van der Waals surface area contributed by atoms with Crippen molar-refractivity contribution >= 4 is 16.5 Å². The lowest BCUT2D eigenvalue weighted by Crippen LogP contribution is -2.07. The van der Waals surface area contributed by atoms with Gasteiger partial charge in [0.2, 0.25) is 0 Å². The molecule has 0 bridgehead atoms. The highest BCUT2D eigenvalue weighted by molar-refractivity contribution is 7.84. The van der Waals surface area contributed by atoms with Crippen molar-refractivity contribution in [3.8, 4) is 0 Å². The second-order valence-corrected chi connectivity index (χ2v) is 6.23. The van der Waals surface area contributed by atoms with E-state index in [0.29, 0.717) is 11.4 Å². The quantitative estimate of drug-likeness (QED) is 0.862. The summed E-state index contributed by atoms with van der Waals surface area (Å²) in [5, 5.41) is 4.49. The highest BCUT2D eigenvalue weighted by Crippen LogP contribution is 2.19. The molecule has 0 aliphatic heterocycles. The molecule has 0 fully saturated rings. The maximum atomic E-state index is 12.5. The monoisotopic (exact) mass is 291 g/mol. The summed E-state index contributed by atoms with van der Waals surface area (Å²) in [6, 6.07) is 7.57. The Labute approximate surface area is 122 Å². The van der Waals surface area contributed by atoms with Gasteiger partial charge in [-0.25, -0.2) is 0 Å². The van der Waals surface area contributed by atoms with Crippen LogP contribution in [0.1, 0.15) is 30.8 Å². The summed E-state index contributed by atoms with van der Waals surface area (Å²) in [7, 11) is -1.07. The fraction of sp³-hybridized carbons (Fsp3) is 0.400. The van der Waals surface area contributed by atoms with Gasteiger partial charge in [-0.3, -0.25) is 8.89 Å². The highest BCUT2D eigenvalue weighted by Gasteiger charge is 2.13. The van der Waals surface area contributed by atoms with Crippen molar-refractivity contribution in [2.45, 2.75) is 44.4 Å². The van der Waals surface area contributed by atoms with Crippen LogP contribution in [-0.2, 0) is 29.5 Å². The number of anilines is 1. The van der Waals surface area contributed by atoms with Crippen LogP contribution in [-0.4, -0.2) is 14.0 Å². The summed E-state index contributed by atoms with van der Waals surface area (Å²) < 4.78 is 14.5. The molecule has 4 nitrogen and oxygen atoms in total. The molecule has 1 unspecified atom stereocenters. The first-order valence-corrected chi connectivity index (χ1v) is 8.17. The molecule has 0 spiro atoms. The summed E-state index contributed by atoms with van der Waals surface area (Å²) in [4.78, 5) is 0.848. The van der Waals surface area contributed by atoms with Crippen LogP contribution >= 0.6 is 0 Å². The molecule has 20 heavy (non-hydrogen) atoms. The number of aromatic nitrogens is 2. The molecule has 0 saturated carbocycles. The Morgan fingerprint density at radius 2 is 2.05 bits per heavy atom. The molecule has 2 N–H and O–H groups in total. The van der Waals surface area contributed by atoms with Gasteiger partial charge in [-0.2, -0.15) is 5.10 Å². The van der Waals surface area contributed by atoms with Crippen LogP contribution in [0.25, 0.3) is 0 Å². The van der Waals surface area contributed by atoms with Gasteiger partial charge in [0.25, 0.3) is 0 Å². The second-order valence-electron chi connectivity index (χ2n) is 4.81. The molecular formula is C15H21N3OS. The minimum absolute atomic E-state index is 0.492. The molecule has 5 heteroatoms. The molecule has 0 amide bonds. The third kappa shape index (κ3) is 3.10. The summed E-state index contributed by atoms with van der Waals surface area (Å²) in [5.41, 5.74) is 9.49. The van der Waals surface area contributed by atoms with Gasteiger partial charge in [-0.1, -0.05) is 6.92 Å². The first-order chi connectivity index (χ1) is 9.55. The predicted molar refractivity (Wildman–Crippen MR) is 83.0 cm³/mol. The van der Waals surface area contributed by atoms with E-state index in [-0.39, 0.29) is 0 Å². The van der Waals surface area contributed by atoms with Crippen LogP contribution in [0.3, 0.4) is 0 Å². The third-order valence-electron chi connectivity index (χ3n) is 3.30. The Morgan fingerprint density at radius 1 is 1.30 bits per heavy atom. The molecule has 0 saturated heterocycles. The van der Waals surface area contributed by atoms with E-state index in [0.717, 1.165) is 34.8 Å². The van der Waals surface area contributed by atoms with Crippen LogP contribution in [0, 0.1) is 6.92 Å². The summed E-state index contributed by atoms with van der Waals surface area (Å²) in [5.74, 6) is 0.492. The largest absolute Gasteiger partial charge is 0.399 e. The van der Waals surface area contributed by atoms with Crippen molar-refractivity contribution < 1.29 is 4.21 Å². The minimum atomic E-state index is -1.07. The zero-order valence-electron chi connectivity index (χ0n) is 12.2. The number of aryl methyl sites for hydroxylation is 3.